The van der Waals surface area contributed by atoms with Crippen molar-refractivity contribution in [2.75, 3.05) is 17.4 Å². The van der Waals surface area contributed by atoms with Crippen LogP contribution in [-0.2, 0) is 32.6 Å². The summed E-state index contributed by atoms with van der Waals surface area (Å²) in [5.74, 6) is -0.890. The standard InChI is InChI=1S/C33H32BrCl2N3O4S/c1-2-19-37-33(41)31(20-24-9-5-3-6-10-24)38(22-25-13-15-26(34)16-14-25)32(40)23-39(27-17-18-29(35)30(36)21-27)44(42,43)28-11-7-4-8-12-28/h3-18,21,31H,2,19-20,22-23H2,1H3,(H,37,41)/t31-/m0/s1. The number of benzene rings is 4. The van der Waals surface area contributed by atoms with Crippen LogP contribution >= 0.6 is 39.1 Å². The molecule has 4 rings (SSSR count). The highest BCUT2D eigenvalue weighted by atomic mass is 79.9. The lowest BCUT2D eigenvalue weighted by Gasteiger charge is -2.34. The van der Waals surface area contributed by atoms with Gasteiger partial charge in [0.05, 0.1) is 20.6 Å². The monoisotopic (exact) mass is 715 g/mol. The molecule has 1 N–H and O–H groups in total. The minimum absolute atomic E-state index is 0.000133. The first kappa shape index (κ1) is 33.5. The average molecular weight is 718 g/mol. The van der Waals surface area contributed by atoms with Crippen LogP contribution in [-0.4, -0.2) is 44.3 Å². The van der Waals surface area contributed by atoms with Gasteiger partial charge >= 0.3 is 0 Å². The number of hydrogen-bond acceptors (Lipinski definition) is 4. The normalized spacial score (nSPS) is 11.9. The lowest BCUT2D eigenvalue weighted by Crippen LogP contribution is -2.53. The predicted octanol–water partition coefficient (Wildman–Crippen LogP) is 7.12. The maximum atomic E-state index is 14.4. The molecule has 0 unspecified atom stereocenters. The first-order chi connectivity index (χ1) is 21.1. The number of sulfonamides is 1. The van der Waals surface area contributed by atoms with Crippen molar-refractivity contribution in [1.82, 2.24) is 10.2 Å². The minimum atomic E-state index is -4.23. The highest BCUT2D eigenvalue weighted by Gasteiger charge is 2.34. The van der Waals surface area contributed by atoms with Gasteiger partial charge < -0.3 is 10.2 Å². The molecule has 0 aliphatic carbocycles. The van der Waals surface area contributed by atoms with Crippen LogP contribution in [0.1, 0.15) is 24.5 Å². The van der Waals surface area contributed by atoms with Gasteiger partial charge in [-0.3, -0.25) is 13.9 Å². The number of anilines is 1. The molecule has 2 amide bonds. The molecule has 230 valence electrons. The Morgan fingerprint density at radius 2 is 1.48 bits per heavy atom. The number of halogens is 3. The zero-order chi connectivity index (χ0) is 31.7. The van der Waals surface area contributed by atoms with Crippen LogP contribution in [0.4, 0.5) is 5.69 Å². The Labute approximate surface area is 277 Å². The molecule has 0 aliphatic heterocycles. The number of amides is 2. The van der Waals surface area contributed by atoms with Crippen molar-refractivity contribution in [3.05, 3.63) is 129 Å². The topological polar surface area (TPSA) is 86.8 Å². The third-order valence-electron chi connectivity index (χ3n) is 6.89. The van der Waals surface area contributed by atoms with Crippen LogP contribution in [0.25, 0.3) is 0 Å². The summed E-state index contributed by atoms with van der Waals surface area (Å²) in [5, 5.41) is 3.31. The Hall–Kier alpha value is -3.37. The van der Waals surface area contributed by atoms with Crippen molar-refractivity contribution in [2.45, 2.75) is 37.2 Å². The van der Waals surface area contributed by atoms with Crippen LogP contribution in [0, 0.1) is 0 Å². The summed E-state index contributed by atoms with van der Waals surface area (Å²) in [6.07, 6.45) is 0.946. The van der Waals surface area contributed by atoms with E-state index in [2.05, 4.69) is 21.2 Å². The molecular weight excluding hydrogens is 685 g/mol. The fraction of sp³-hybridized carbons (Fsp3) is 0.212. The van der Waals surface area contributed by atoms with E-state index in [1.807, 2.05) is 61.5 Å². The van der Waals surface area contributed by atoms with Gasteiger partial charge in [-0.1, -0.05) is 107 Å². The van der Waals surface area contributed by atoms with E-state index in [4.69, 9.17) is 23.2 Å². The number of rotatable bonds is 13. The third kappa shape index (κ3) is 8.63. The lowest BCUT2D eigenvalue weighted by molar-refractivity contribution is -0.140. The van der Waals surface area contributed by atoms with Gasteiger partial charge in [0.1, 0.15) is 12.6 Å². The van der Waals surface area contributed by atoms with E-state index in [1.54, 1.807) is 18.2 Å². The molecule has 7 nitrogen and oxygen atoms in total. The molecule has 0 fully saturated rings. The number of carbonyl (C=O) groups is 2. The first-order valence-corrected chi connectivity index (χ1v) is 17.0. The summed E-state index contributed by atoms with van der Waals surface area (Å²) in [6, 6.07) is 28.1. The second-order valence-corrected chi connectivity index (χ2v) is 13.7. The largest absolute Gasteiger partial charge is 0.354 e. The zero-order valence-electron chi connectivity index (χ0n) is 24.0. The summed E-state index contributed by atoms with van der Waals surface area (Å²) in [6.45, 7) is 1.87. The predicted molar refractivity (Wildman–Crippen MR) is 179 cm³/mol. The summed E-state index contributed by atoms with van der Waals surface area (Å²) in [7, 11) is -4.23. The average Bonchev–Trinajstić information content (AvgIpc) is 3.03. The van der Waals surface area contributed by atoms with Gasteiger partial charge in [-0.15, -0.1) is 0 Å². The van der Waals surface area contributed by atoms with E-state index in [0.29, 0.717) is 13.0 Å². The number of hydrogen-bond donors (Lipinski definition) is 1. The van der Waals surface area contributed by atoms with Crippen LogP contribution in [0.15, 0.2) is 112 Å². The molecule has 0 saturated heterocycles. The van der Waals surface area contributed by atoms with Crippen molar-refractivity contribution < 1.29 is 18.0 Å². The number of carbonyl (C=O) groups excluding carboxylic acids is 2. The molecule has 0 bridgehead atoms. The minimum Gasteiger partial charge on any atom is -0.354 e. The van der Waals surface area contributed by atoms with E-state index in [0.717, 1.165) is 19.9 Å². The Bertz CT molecular complexity index is 1670. The molecule has 0 radical (unpaired) electrons. The van der Waals surface area contributed by atoms with E-state index in [1.165, 1.54) is 35.2 Å². The first-order valence-electron chi connectivity index (χ1n) is 14.0. The van der Waals surface area contributed by atoms with Gasteiger partial charge in [0.2, 0.25) is 11.8 Å². The number of nitrogens with zero attached hydrogens (tertiary/aromatic N) is 2. The summed E-state index contributed by atoms with van der Waals surface area (Å²) >= 11 is 15.9. The maximum Gasteiger partial charge on any atom is 0.264 e. The van der Waals surface area contributed by atoms with Crippen molar-refractivity contribution in [1.29, 1.82) is 0 Å². The molecule has 0 spiro atoms. The van der Waals surface area contributed by atoms with Crippen LogP contribution in [0.5, 0.6) is 0 Å². The lowest BCUT2D eigenvalue weighted by atomic mass is 10.0. The van der Waals surface area contributed by atoms with Crippen molar-refractivity contribution in [3.63, 3.8) is 0 Å². The highest BCUT2D eigenvalue weighted by Crippen LogP contribution is 2.31. The second-order valence-electron chi connectivity index (χ2n) is 10.1. The molecule has 0 aliphatic rings. The van der Waals surface area contributed by atoms with Gasteiger partial charge in [0.25, 0.3) is 10.0 Å². The summed E-state index contributed by atoms with van der Waals surface area (Å²) in [5.41, 5.74) is 1.79. The smallest absolute Gasteiger partial charge is 0.264 e. The molecule has 0 saturated carbocycles. The van der Waals surface area contributed by atoms with Crippen LogP contribution in [0.2, 0.25) is 10.0 Å². The molecular formula is C33H32BrCl2N3O4S. The Morgan fingerprint density at radius 1 is 0.841 bits per heavy atom. The molecule has 0 aromatic heterocycles. The molecule has 0 heterocycles. The highest BCUT2D eigenvalue weighted by molar-refractivity contribution is 9.10. The number of nitrogens with one attached hydrogen (secondary N) is 1. The van der Waals surface area contributed by atoms with Crippen LogP contribution < -0.4 is 9.62 Å². The maximum absolute atomic E-state index is 14.4. The molecule has 11 heteroatoms. The van der Waals surface area contributed by atoms with E-state index in [-0.39, 0.29) is 39.5 Å². The fourth-order valence-electron chi connectivity index (χ4n) is 4.60. The summed E-state index contributed by atoms with van der Waals surface area (Å²) in [4.78, 5) is 29.5. The fourth-order valence-corrected chi connectivity index (χ4v) is 6.58. The SMILES string of the molecule is CCCNC(=O)[C@H](Cc1ccccc1)N(Cc1ccc(Br)cc1)C(=O)CN(c1ccc(Cl)c(Cl)c1)S(=O)(=O)c1ccccc1. The van der Waals surface area contributed by atoms with Gasteiger partial charge in [0.15, 0.2) is 0 Å². The van der Waals surface area contributed by atoms with Gasteiger partial charge in [-0.2, -0.15) is 0 Å². The van der Waals surface area contributed by atoms with E-state index in [9.17, 15) is 18.0 Å². The Balaban J connectivity index is 1.80. The quantitative estimate of drug-likeness (QED) is 0.160. The van der Waals surface area contributed by atoms with E-state index < -0.39 is 28.5 Å². The molecule has 4 aromatic rings. The van der Waals surface area contributed by atoms with Crippen LogP contribution in [0.3, 0.4) is 0 Å². The Kier molecular flexibility index (Phi) is 11.9. The Morgan fingerprint density at radius 3 is 2.09 bits per heavy atom. The van der Waals surface area contributed by atoms with Crippen molar-refractivity contribution in [2.24, 2.45) is 0 Å². The van der Waals surface area contributed by atoms with Crippen molar-refractivity contribution in [3.8, 4) is 0 Å². The van der Waals surface area contributed by atoms with Gasteiger partial charge in [-0.05, 0) is 60.0 Å². The third-order valence-corrected chi connectivity index (χ3v) is 9.94. The van der Waals surface area contributed by atoms with Crippen molar-refractivity contribution >= 4 is 66.7 Å². The second kappa shape index (κ2) is 15.6. The molecule has 1 atom stereocenters. The molecule has 4 aromatic carbocycles. The molecule has 44 heavy (non-hydrogen) atoms. The summed E-state index contributed by atoms with van der Waals surface area (Å²) < 4.78 is 29.9. The zero-order valence-corrected chi connectivity index (χ0v) is 27.9. The van der Waals surface area contributed by atoms with Gasteiger partial charge in [-0.25, -0.2) is 8.42 Å². The van der Waals surface area contributed by atoms with E-state index >= 15 is 0 Å². The van der Waals surface area contributed by atoms with Gasteiger partial charge in [0, 0.05) is 24.0 Å².